The SMILES string of the molecule is C[C@@H](COc1ccnc2c1CCCC2)CC1Cc2ccc(SCCCC(N)=O)cc2C12CCC(Nc1cccc(OCl)c1)(C(=O)O)CC2. The maximum Gasteiger partial charge on any atom is 0.329 e. The topological polar surface area (TPSA) is 124 Å². The monoisotopic (exact) mass is 691 g/mol. The van der Waals surface area contributed by atoms with Gasteiger partial charge in [0, 0.05) is 40.5 Å². The number of carboxylic acids is 1. The van der Waals surface area contributed by atoms with Crippen molar-refractivity contribution in [2.45, 2.75) is 99.8 Å². The molecule has 2 atom stereocenters. The number of nitrogens with one attached hydrogen (secondary N) is 1. The Balaban J connectivity index is 1.22. The second kappa shape index (κ2) is 15.0. The zero-order valence-electron chi connectivity index (χ0n) is 27.6. The summed E-state index contributed by atoms with van der Waals surface area (Å²) in [7, 11) is 0. The van der Waals surface area contributed by atoms with Crippen molar-refractivity contribution in [2.24, 2.45) is 17.6 Å². The number of carboxylic acid groups (broad SMARTS) is 1. The van der Waals surface area contributed by atoms with E-state index in [9.17, 15) is 14.7 Å². The van der Waals surface area contributed by atoms with Crippen LogP contribution in [0, 0.1) is 11.8 Å². The molecule has 8 nitrogen and oxygen atoms in total. The summed E-state index contributed by atoms with van der Waals surface area (Å²) in [5.74, 6) is 1.84. The molecule has 0 bridgehead atoms. The molecule has 1 saturated carbocycles. The molecule has 1 unspecified atom stereocenters. The van der Waals surface area contributed by atoms with Gasteiger partial charge in [0.25, 0.3) is 0 Å². The summed E-state index contributed by atoms with van der Waals surface area (Å²) in [4.78, 5) is 30.0. The molecule has 4 N–H and O–H groups in total. The van der Waals surface area contributed by atoms with Crippen LogP contribution in [0.15, 0.2) is 59.6 Å². The maximum absolute atomic E-state index is 12.9. The lowest BCUT2D eigenvalue weighted by atomic mass is 9.59. The summed E-state index contributed by atoms with van der Waals surface area (Å²) in [6, 6.07) is 16.0. The minimum Gasteiger partial charge on any atom is -0.493 e. The van der Waals surface area contributed by atoms with E-state index in [-0.39, 0.29) is 11.3 Å². The third kappa shape index (κ3) is 7.42. The van der Waals surface area contributed by atoms with Gasteiger partial charge in [-0.1, -0.05) is 19.1 Å². The van der Waals surface area contributed by atoms with Crippen LogP contribution in [-0.2, 0) is 34.3 Å². The van der Waals surface area contributed by atoms with Gasteiger partial charge in [-0.3, -0.25) is 9.78 Å². The number of carbonyl (C=O) groups excluding carboxylic acids is 1. The lowest BCUT2D eigenvalue weighted by Crippen LogP contribution is -2.53. The maximum atomic E-state index is 12.9. The molecule has 1 aromatic heterocycles. The molecule has 6 rings (SSSR count). The Morgan fingerprint density at radius 2 is 1.94 bits per heavy atom. The van der Waals surface area contributed by atoms with Gasteiger partial charge < -0.3 is 25.2 Å². The minimum atomic E-state index is -1.10. The van der Waals surface area contributed by atoms with Crippen molar-refractivity contribution < 1.29 is 23.7 Å². The summed E-state index contributed by atoms with van der Waals surface area (Å²) >= 11 is 7.36. The fourth-order valence-corrected chi connectivity index (χ4v) is 9.30. The second-order valence-corrected chi connectivity index (χ2v) is 15.3. The Morgan fingerprint density at radius 1 is 1.12 bits per heavy atom. The molecule has 3 aliphatic carbocycles. The summed E-state index contributed by atoms with van der Waals surface area (Å²) in [6.07, 6.45) is 11.9. The molecule has 0 radical (unpaired) electrons. The normalized spacial score (nSPS) is 23.6. The van der Waals surface area contributed by atoms with E-state index in [1.807, 2.05) is 18.3 Å². The number of nitrogens with zero attached hydrogens (tertiary/aromatic N) is 1. The number of hydrogen-bond donors (Lipinski definition) is 3. The molecule has 1 spiro atoms. The molecule has 1 heterocycles. The first-order valence-corrected chi connectivity index (χ1v) is 18.5. The summed E-state index contributed by atoms with van der Waals surface area (Å²) in [5, 5.41) is 14.0. The second-order valence-electron chi connectivity index (χ2n) is 14.0. The summed E-state index contributed by atoms with van der Waals surface area (Å²) < 4.78 is 11.4. The predicted molar refractivity (Wildman–Crippen MR) is 190 cm³/mol. The number of primary amides is 1. The van der Waals surface area contributed by atoms with E-state index in [1.54, 1.807) is 30.0 Å². The van der Waals surface area contributed by atoms with Gasteiger partial charge in [-0.15, -0.1) is 11.8 Å². The number of aryl methyl sites for hydroxylation is 1. The van der Waals surface area contributed by atoms with Gasteiger partial charge in [-0.2, -0.15) is 0 Å². The van der Waals surface area contributed by atoms with Crippen molar-refractivity contribution in [2.75, 3.05) is 17.7 Å². The van der Waals surface area contributed by atoms with Crippen molar-refractivity contribution in [3.05, 3.63) is 77.1 Å². The number of rotatable bonds is 14. The van der Waals surface area contributed by atoms with Crippen molar-refractivity contribution in [1.29, 1.82) is 0 Å². The average molecular weight is 692 g/mol. The Bertz CT molecular complexity index is 1630. The van der Waals surface area contributed by atoms with Crippen LogP contribution in [0.3, 0.4) is 0 Å². The molecule has 10 heteroatoms. The molecule has 2 aromatic carbocycles. The molecule has 1 amide bonds. The van der Waals surface area contributed by atoms with Gasteiger partial charge in [0.2, 0.25) is 5.91 Å². The number of halogens is 1. The first-order chi connectivity index (χ1) is 23.2. The van der Waals surface area contributed by atoms with E-state index < -0.39 is 11.5 Å². The highest BCUT2D eigenvalue weighted by molar-refractivity contribution is 7.99. The number of thioether (sulfide) groups is 1. The van der Waals surface area contributed by atoms with Crippen LogP contribution >= 0.6 is 23.6 Å². The highest BCUT2D eigenvalue weighted by Crippen LogP contribution is 2.56. The molecule has 0 saturated heterocycles. The third-order valence-electron chi connectivity index (χ3n) is 10.8. The molecular weight excluding hydrogens is 646 g/mol. The molecule has 3 aliphatic rings. The minimum absolute atomic E-state index is 0.134. The van der Waals surface area contributed by atoms with Gasteiger partial charge in [0.05, 0.1) is 6.61 Å². The number of aliphatic carboxylic acids is 1. The molecular formula is C38H46ClN3O5S. The number of amides is 1. The van der Waals surface area contributed by atoms with Crippen LogP contribution in [0.25, 0.3) is 0 Å². The number of anilines is 1. The third-order valence-corrected chi connectivity index (χ3v) is 12.1. The Hall–Kier alpha value is -3.43. The van der Waals surface area contributed by atoms with Gasteiger partial charge >= 0.3 is 5.97 Å². The lowest BCUT2D eigenvalue weighted by molar-refractivity contribution is -0.144. The Labute approximate surface area is 292 Å². The van der Waals surface area contributed by atoms with Crippen molar-refractivity contribution in [3.63, 3.8) is 0 Å². The summed E-state index contributed by atoms with van der Waals surface area (Å²) in [5.41, 5.74) is 9.98. The number of aromatic nitrogens is 1. The van der Waals surface area contributed by atoms with Crippen molar-refractivity contribution in [3.8, 4) is 11.5 Å². The van der Waals surface area contributed by atoms with E-state index in [4.69, 9.17) is 26.6 Å². The van der Waals surface area contributed by atoms with Crippen LogP contribution in [0.5, 0.6) is 11.5 Å². The van der Waals surface area contributed by atoms with Crippen LogP contribution in [-0.4, -0.2) is 39.9 Å². The van der Waals surface area contributed by atoms with Gasteiger partial charge in [0.1, 0.15) is 28.9 Å². The fourth-order valence-electron chi connectivity index (χ4n) is 8.32. The molecule has 0 aliphatic heterocycles. The highest BCUT2D eigenvalue weighted by atomic mass is 35.5. The average Bonchev–Trinajstić information content (AvgIpc) is 3.38. The van der Waals surface area contributed by atoms with Crippen LogP contribution in [0.2, 0.25) is 0 Å². The zero-order chi connectivity index (χ0) is 33.7. The Morgan fingerprint density at radius 3 is 2.71 bits per heavy atom. The number of fused-ring (bicyclic) bond motifs is 3. The van der Waals surface area contributed by atoms with Crippen LogP contribution in [0.1, 0.15) is 87.1 Å². The van der Waals surface area contributed by atoms with Gasteiger partial charge in [-0.25, -0.2) is 4.79 Å². The predicted octanol–water partition coefficient (Wildman–Crippen LogP) is 7.88. The first-order valence-electron chi connectivity index (χ1n) is 17.3. The number of hydrogen-bond acceptors (Lipinski definition) is 7. The lowest BCUT2D eigenvalue weighted by Gasteiger charge is -2.47. The smallest absolute Gasteiger partial charge is 0.329 e. The van der Waals surface area contributed by atoms with E-state index in [0.29, 0.717) is 49.1 Å². The van der Waals surface area contributed by atoms with E-state index >= 15 is 0 Å². The van der Waals surface area contributed by atoms with E-state index in [2.05, 4.69) is 35.4 Å². The van der Waals surface area contributed by atoms with Crippen LogP contribution in [0.4, 0.5) is 5.69 Å². The number of carbonyl (C=O) groups is 2. The number of pyridine rings is 1. The quantitative estimate of drug-likeness (QED) is 0.115. The molecule has 3 aromatic rings. The summed E-state index contributed by atoms with van der Waals surface area (Å²) in [6.45, 7) is 2.92. The standard InChI is InChI=1S/C38H46ClN3O5S/c1-25(24-46-34-13-18-41-33-9-3-2-8-31(33)34)20-27-21-26-11-12-30(48-19-5-10-35(40)43)23-32(26)37(27)14-16-38(17-15-37,36(44)45)42-28-6-4-7-29(22-28)47-39/h4,6-7,11-13,18,22-23,25,27,42H,2-3,5,8-10,14-17,19-21,24H2,1H3,(H2,40,43)(H,44,45)/t25-,27?,37?,38?/m1/s1. The molecule has 256 valence electrons. The number of benzene rings is 2. The van der Waals surface area contributed by atoms with Gasteiger partial charge in [-0.05, 0) is 135 Å². The number of nitrogens with two attached hydrogens (primary N) is 1. The van der Waals surface area contributed by atoms with Crippen molar-refractivity contribution >= 4 is 41.2 Å². The zero-order valence-corrected chi connectivity index (χ0v) is 29.2. The van der Waals surface area contributed by atoms with Crippen molar-refractivity contribution in [1.82, 2.24) is 4.98 Å². The highest BCUT2D eigenvalue weighted by Gasteiger charge is 2.54. The fraction of sp³-hybridized carbons (Fsp3) is 0.500. The van der Waals surface area contributed by atoms with Crippen LogP contribution < -0.4 is 20.1 Å². The van der Waals surface area contributed by atoms with Gasteiger partial charge in [0.15, 0.2) is 0 Å². The molecule has 1 fully saturated rings. The molecule has 48 heavy (non-hydrogen) atoms. The first kappa shape index (κ1) is 34.4. The van der Waals surface area contributed by atoms with E-state index in [1.165, 1.54) is 40.1 Å². The Kier molecular flexibility index (Phi) is 10.8. The van der Waals surface area contributed by atoms with E-state index in [0.717, 1.165) is 56.4 Å². The largest absolute Gasteiger partial charge is 0.493 e. The number of ether oxygens (including phenoxy) is 1.